The zero-order chi connectivity index (χ0) is 17.1. The summed E-state index contributed by atoms with van der Waals surface area (Å²) in [6, 6.07) is 6.13. The minimum absolute atomic E-state index is 0.417. The van der Waals surface area contributed by atoms with E-state index in [2.05, 4.69) is 55.2 Å². The molecular weight excluding hydrogens is 296 g/mol. The molecule has 22 heavy (non-hydrogen) atoms. The fourth-order valence-electron chi connectivity index (χ4n) is 2.14. The molecule has 0 bridgehead atoms. The average molecular weight is 327 g/mol. The van der Waals surface area contributed by atoms with Gasteiger partial charge in [-0.25, -0.2) is 14.8 Å². The van der Waals surface area contributed by atoms with Crippen molar-refractivity contribution in [3.8, 4) is 0 Å². The molecule has 126 valence electrons. The number of hydrogen-bond acceptors (Lipinski definition) is 3. The number of benzene rings is 1. The van der Waals surface area contributed by atoms with Crippen LogP contribution in [0.5, 0.6) is 0 Å². The van der Waals surface area contributed by atoms with Gasteiger partial charge in [0, 0.05) is 12.2 Å². The highest BCUT2D eigenvalue weighted by Crippen LogP contribution is 2.47. The third-order valence-corrected chi connectivity index (χ3v) is 4.57. The summed E-state index contributed by atoms with van der Waals surface area (Å²) in [7, 11) is 3.28. The van der Waals surface area contributed by atoms with Gasteiger partial charge in [-0.1, -0.05) is 0 Å². The highest BCUT2D eigenvalue weighted by molar-refractivity contribution is 8.32. The second-order valence-electron chi connectivity index (χ2n) is 7.52. The number of hydrogen-bond donors (Lipinski definition) is 1. The van der Waals surface area contributed by atoms with Crippen LogP contribution in [0.2, 0.25) is 0 Å². The lowest BCUT2D eigenvalue weighted by atomic mass is 10.2. The molecule has 0 saturated heterocycles. The largest absolute Gasteiger partial charge is 0.444 e. The first-order chi connectivity index (χ1) is 9.88. The van der Waals surface area contributed by atoms with E-state index in [0.29, 0.717) is 0 Å². The Hall–Kier alpha value is -1.20. The molecule has 0 aromatic heterocycles. The summed E-state index contributed by atoms with van der Waals surface area (Å²) in [6.45, 7) is 6.42. The summed E-state index contributed by atoms with van der Waals surface area (Å²) < 4.78 is 5.30. The molecule has 1 aromatic rings. The Bertz CT molecular complexity index is 528. The Kier molecular flexibility index (Phi) is 5.93. The zero-order valence-electron chi connectivity index (χ0n) is 15.1. The maximum absolute atomic E-state index is 11.9. The highest BCUT2D eigenvalue weighted by Gasteiger charge is 2.18. The van der Waals surface area contributed by atoms with Gasteiger partial charge in [0.1, 0.15) is 5.60 Å². The summed E-state index contributed by atoms with van der Waals surface area (Å²) in [4.78, 5) is 15.4. The molecule has 0 atom stereocenters. The summed E-state index contributed by atoms with van der Waals surface area (Å²) in [5.74, 6) is 0. The Morgan fingerprint density at radius 1 is 1.23 bits per heavy atom. The molecular formula is C17H30N2O2S. The van der Waals surface area contributed by atoms with Crippen LogP contribution in [-0.2, 0) is 11.3 Å². The molecule has 0 spiro atoms. The van der Waals surface area contributed by atoms with Crippen molar-refractivity contribution in [3.05, 3.63) is 23.8 Å². The molecule has 1 rings (SSSR count). The van der Waals surface area contributed by atoms with E-state index in [-0.39, 0.29) is 0 Å². The second kappa shape index (κ2) is 6.92. The molecule has 1 N–H and O–H groups in total. The van der Waals surface area contributed by atoms with Gasteiger partial charge in [-0.15, -0.1) is 0 Å². The Morgan fingerprint density at radius 3 is 2.27 bits per heavy atom. The van der Waals surface area contributed by atoms with Crippen LogP contribution in [0.4, 0.5) is 10.5 Å². The first kappa shape index (κ1) is 18.8. The van der Waals surface area contributed by atoms with Gasteiger partial charge in [0.15, 0.2) is 0 Å². The Morgan fingerprint density at radius 2 is 1.82 bits per heavy atom. The monoisotopic (exact) mass is 326 g/mol. The van der Waals surface area contributed by atoms with Crippen molar-refractivity contribution in [1.29, 1.82) is 0 Å². The second-order valence-corrected chi connectivity index (χ2v) is 11.6. The van der Waals surface area contributed by atoms with Crippen molar-refractivity contribution in [2.75, 3.05) is 38.2 Å². The molecule has 0 radical (unpaired) electrons. The first-order valence-electron chi connectivity index (χ1n) is 7.34. The fraction of sp³-hybridized carbons (Fsp3) is 0.588. The lowest BCUT2D eigenvalue weighted by Gasteiger charge is -2.30. The lowest BCUT2D eigenvalue weighted by Crippen LogP contribution is -2.27. The molecule has 0 fully saturated rings. The van der Waals surface area contributed by atoms with E-state index in [9.17, 15) is 4.79 Å². The third-order valence-electron chi connectivity index (χ3n) is 2.85. The summed E-state index contributed by atoms with van der Waals surface area (Å²) in [5, 5.41) is 2.82. The van der Waals surface area contributed by atoms with E-state index >= 15 is 0 Å². The van der Waals surface area contributed by atoms with Gasteiger partial charge in [0.2, 0.25) is 0 Å². The van der Waals surface area contributed by atoms with Crippen LogP contribution >= 0.6 is 10.0 Å². The number of anilines is 1. The van der Waals surface area contributed by atoms with Crippen LogP contribution in [0.15, 0.2) is 23.1 Å². The number of carbonyl (C=O) groups excluding carboxylic acids is 1. The maximum atomic E-state index is 11.9. The van der Waals surface area contributed by atoms with Crippen LogP contribution in [0.3, 0.4) is 0 Å². The molecule has 0 aliphatic rings. The SMILES string of the molecule is CN(C)Cc1cc(NC(=O)OC(C)(C)C)ccc1S(C)(C)C. The topological polar surface area (TPSA) is 41.6 Å². The van der Waals surface area contributed by atoms with E-state index in [0.717, 1.165) is 12.2 Å². The fourth-order valence-corrected chi connectivity index (χ4v) is 3.53. The Balaban J connectivity index is 3.01. The van der Waals surface area contributed by atoms with E-state index in [1.165, 1.54) is 10.5 Å². The number of rotatable bonds is 4. The van der Waals surface area contributed by atoms with Gasteiger partial charge in [0.25, 0.3) is 0 Å². The molecule has 5 heteroatoms. The number of nitrogens with one attached hydrogen (secondary N) is 1. The maximum Gasteiger partial charge on any atom is 0.412 e. The van der Waals surface area contributed by atoms with Gasteiger partial charge in [0.05, 0.1) is 0 Å². The summed E-state index contributed by atoms with van der Waals surface area (Å²) in [6.07, 6.45) is 6.42. The number of carbonyl (C=O) groups is 1. The van der Waals surface area contributed by atoms with Gasteiger partial charge in [-0.2, -0.15) is 0 Å². The third kappa shape index (κ3) is 6.28. The van der Waals surface area contributed by atoms with Crippen molar-refractivity contribution in [1.82, 2.24) is 4.90 Å². The molecule has 4 nitrogen and oxygen atoms in total. The molecule has 0 aliphatic heterocycles. The van der Waals surface area contributed by atoms with Crippen LogP contribution in [-0.4, -0.2) is 49.5 Å². The smallest absolute Gasteiger partial charge is 0.412 e. The summed E-state index contributed by atoms with van der Waals surface area (Å²) >= 11 is 0. The molecule has 0 unspecified atom stereocenters. The van der Waals surface area contributed by atoms with E-state index in [1.54, 1.807) is 0 Å². The summed E-state index contributed by atoms with van der Waals surface area (Å²) in [5.41, 5.74) is 1.53. The number of amides is 1. The minimum Gasteiger partial charge on any atom is -0.444 e. The number of ether oxygens (including phenoxy) is 1. The van der Waals surface area contributed by atoms with E-state index < -0.39 is 21.7 Å². The lowest BCUT2D eigenvalue weighted by molar-refractivity contribution is 0.0636. The molecule has 1 amide bonds. The van der Waals surface area contributed by atoms with Crippen molar-refractivity contribution in [2.24, 2.45) is 0 Å². The minimum atomic E-state index is -0.824. The van der Waals surface area contributed by atoms with Crippen molar-refractivity contribution in [2.45, 2.75) is 37.8 Å². The van der Waals surface area contributed by atoms with Crippen molar-refractivity contribution >= 4 is 21.8 Å². The van der Waals surface area contributed by atoms with Gasteiger partial charge >= 0.3 is 6.09 Å². The number of nitrogens with zero attached hydrogens (tertiary/aromatic N) is 1. The van der Waals surface area contributed by atoms with E-state index in [1.807, 2.05) is 26.8 Å². The van der Waals surface area contributed by atoms with Gasteiger partial charge in [-0.05, 0) is 82.3 Å². The Labute approximate surface area is 136 Å². The highest BCUT2D eigenvalue weighted by atomic mass is 32.3. The zero-order valence-corrected chi connectivity index (χ0v) is 15.9. The van der Waals surface area contributed by atoms with Crippen LogP contribution in [0, 0.1) is 0 Å². The predicted molar refractivity (Wildman–Crippen MR) is 97.3 cm³/mol. The standard InChI is InChI=1S/C17H30N2O2S/c1-17(2,3)21-16(20)18-14-9-10-15(22(6,7)8)13(11-14)12-19(4)5/h9-11H,12H2,1-8H3,(H,18,20). The van der Waals surface area contributed by atoms with Crippen LogP contribution < -0.4 is 5.32 Å². The predicted octanol–water partition coefficient (Wildman–Crippen LogP) is 4.15. The first-order valence-corrected chi connectivity index (χ1v) is 10.2. The average Bonchev–Trinajstić information content (AvgIpc) is 2.23. The van der Waals surface area contributed by atoms with Crippen molar-refractivity contribution < 1.29 is 9.53 Å². The molecule has 0 heterocycles. The normalized spacial score (nSPS) is 13.1. The van der Waals surface area contributed by atoms with Gasteiger partial charge in [-0.3, -0.25) is 5.32 Å². The molecule has 1 aromatic carbocycles. The molecule has 0 aliphatic carbocycles. The van der Waals surface area contributed by atoms with E-state index in [4.69, 9.17) is 4.74 Å². The van der Waals surface area contributed by atoms with Crippen LogP contribution in [0.1, 0.15) is 26.3 Å². The van der Waals surface area contributed by atoms with Gasteiger partial charge < -0.3 is 9.64 Å². The van der Waals surface area contributed by atoms with Crippen molar-refractivity contribution in [3.63, 3.8) is 0 Å². The molecule has 0 saturated carbocycles. The van der Waals surface area contributed by atoms with Crippen LogP contribution in [0.25, 0.3) is 0 Å². The quantitative estimate of drug-likeness (QED) is 0.904.